The van der Waals surface area contributed by atoms with Crippen LogP contribution in [-0.2, 0) is 11.3 Å². The second-order valence-electron chi connectivity index (χ2n) is 7.41. The van der Waals surface area contributed by atoms with Gasteiger partial charge in [-0.15, -0.1) is 10.2 Å². The van der Waals surface area contributed by atoms with Gasteiger partial charge in [0, 0.05) is 17.3 Å². The predicted molar refractivity (Wildman–Crippen MR) is 126 cm³/mol. The first-order valence-electron chi connectivity index (χ1n) is 10.1. The van der Waals surface area contributed by atoms with Gasteiger partial charge in [0.25, 0.3) is 0 Å². The van der Waals surface area contributed by atoms with Crippen molar-refractivity contribution >= 4 is 35.0 Å². The number of ether oxygens (including phenoxy) is 1. The van der Waals surface area contributed by atoms with Crippen molar-refractivity contribution in [3.05, 3.63) is 63.9 Å². The van der Waals surface area contributed by atoms with Gasteiger partial charge in [0.05, 0.1) is 5.75 Å². The lowest BCUT2D eigenvalue weighted by Crippen LogP contribution is -2.16. The number of benzene rings is 2. The maximum absolute atomic E-state index is 12.4. The van der Waals surface area contributed by atoms with Crippen LogP contribution >= 0.6 is 23.4 Å². The highest BCUT2D eigenvalue weighted by Gasteiger charge is 2.20. The predicted octanol–water partition coefficient (Wildman–Crippen LogP) is 5.75. The number of aromatic nitrogens is 3. The number of hydrogen-bond acceptors (Lipinski definition) is 5. The van der Waals surface area contributed by atoms with Crippen molar-refractivity contribution in [1.82, 2.24) is 14.8 Å². The molecule has 1 unspecified atom stereocenters. The second-order valence-corrected chi connectivity index (χ2v) is 8.79. The minimum Gasteiger partial charge on any atom is -0.482 e. The Balaban J connectivity index is 1.66. The molecule has 1 atom stereocenters. The molecule has 3 rings (SSSR count). The lowest BCUT2D eigenvalue weighted by atomic mass is 10.1. The highest BCUT2D eigenvalue weighted by atomic mass is 35.5. The lowest BCUT2D eigenvalue weighted by molar-refractivity contribution is -0.113. The standard InChI is InChI=1S/C23H27ClN4O2S/c1-6-28-22(17(5)30-20-10-7-14(2)11-16(20)4)26-27-23(28)31-13-21(29)25-19-12-18(24)9-8-15(19)3/h7-12,17H,6,13H2,1-5H3,(H,25,29). The van der Waals surface area contributed by atoms with Crippen molar-refractivity contribution in [3.63, 3.8) is 0 Å². The first-order chi connectivity index (χ1) is 14.8. The van der Waals surface area contributed by atoms with Crippen LogP contribution in [0.2, 0.25) is 5.02 Å². The Labute approximate surface area is 192 Å². The molecule has 0 saturated heterocycles. The second kappa shape index (κ2) is 10.2. The van der Waals surface area contributed by atoms with E-state index in [1.165, 1.54) is 17.3 Å². The molecule has 164 valence electrons. The number of thioether (sulfide) groups is 1. The Morgan fingerprint density at radius 1 is 1.16 bits per heavy atom. The molecule has 1 N–H and O–H groups in total. The zero-order valence-corrected chi connectivity index (χ0v) is 20.0. The number of hydrogen-bond donors (Lipinski definition) is 1. The summed E-state index contributed by atoms with van der Waals surface area (Å²) in [7, 11) is 0. The van der Waals surface area contributed by atoms with Crippen LogP contribution in [0.15, 0.2) is 41.6 Å². The summed E-state index contributed by atoms with van der Waals surface area (Å²) >= 11 is 7.38. The van der Waals surface area contributed by atoms with Crippen molar-refractivity contribution in [1.29, 1.82) is 0 Å². The van der Waals surface area contributed by atoms with E-state index >= 15 is 0 Å². The summed E-state index contributed by atoms with van der Waals surface area (Å²) < 4.78 is 8.13. The van der Waals surface area contributed by atoms with E-state index in [0.29, 0.717) is 22.4 Å². The summed E-state index contributed by atoms with van der Waals surface area (Å²) in [6, 6.07) is 11.5. The van der Waals surface area contributed by atoms with Crippen molar-refractivity contribution in [2.45, 2.75) is 52.4 Å². The fraction of sp³-hybridized carbons (Fsp3) is 0.348. The summed E-state index contributed by atoms with van der Waals surface area (Å²) in [5.74, 6) is 1.66. The molecule has 0 aliphatic carbocycles. The molecule has 0 aliphatic rings. The number of carbonyl (C=O) groups is 1. The third-order valence-corrected chi connectivity index (χ3v) is 6.07. The van der Waals surface area contributed by atoms with Crippen LogP contribution in [-0.4, -0.2) is 26.4 Å². The number of rotatable bonds is 8. The summed E-state index contributed by atoms with van der Waals surface area (Å²) in [5, 5.41) is 12.8. The maximum Gasteiger partial charge on any atom is 0.234 e. The molecule has 0 radical (unpaired) electrons. The zero-order chi connectivity index (χ0) is 22.5. The van der Waals surface area contributed by atoms with E-state index in [9.17, 15) is 4.79 Å². The number of carbonyl (C=O) groups excluding carboxylic acids is 1. The van der Waals surface area contributed by atoms with Crippen LogP contribution in [0.1, 0.15) is 42.5 Å². The number of amides is 1. The molecule has 31 heavy (non-hydrogen) atoms. The lowest BCUT2D eigenvalue weighted by Gasteiger charge is -2.17. The number of nitrogens with zero attached hydrogens (tertiary/aromatic N) is 3. The van der Waals surface area contributed by atoms with Gasteiger partial charge in [0.15, 0.2) is 17.1 Å². The Morgan fingerprint density at radius 2 is 1.94 bits per heavy atom. The van der Waals surface area contributed by atoms with Gasteiger partial charge >= 0.3 is 0 Å². The van der Waals surface area contributed by atoms with Crippen LogP contribution in [0.4, 0.5) is 5.69 Å². The normalized spacial score (nSPS) is 11.9. The Kier molecular flexibility index (Phi) is 7.62. The Morgan fingerprint density at radius 3 is 2.65 bits per heavy atom. The number of aryl methyl sites for hydroxylation is 3. The topological polar surface area (TPSA) is 69.0 Å². The molecule has 0 spiro atoms. The van der Waals surface area contributed by atoms with Gasteiger partial charge < -0.3 is 14.6 Å². The summed E-state index contributed by atoms with van der Waals surface area (Å²) in [6.45, 7) is 10.7. The van der Waals surface area contributed by atoms with Gasteiger partial charge in [-0.1, -0.05) is 47.1 Å². The van der Waals surface area contributed by atoms with E-state index in [1.807, 2.05) is 50.5 Å². The van der Waals surface area contributed by atoms with Crippen molar-refractivity contribution < 1.29 is 9.53 Å². The largest absolute Gasteiger partial charge is 0.482 e. The van der Waals surface area contributed by atoms with E-state index in [2.05, 4.69) is 28.5 Å². The molecule has 0 saturated carbocycles. The van der Waals surface area contributed by atoms with Crippen LogP contribution in [0.5, 0.6) is 5.75 Å². The highest BCUT2D eigenvalue weighted by Crippen LogP contribution is 2.27. The number of halogens is 1. The molecule has 8 heteroatoms. The van der Waals surface area contributed by atoms with Crippen LogP contribution in [0, 0.1) is 20.8 Å². The van der Waals surface area contributed by atoms with Gasteiger partial charge in [0.2, 0.25) is 5.91 Å². The van der Waals surface area contributed by atoms with Gasteiger partial charge in [-0.05, 0) is 63.9 Å². The van der Waals surface area contributed by atoms with Gasteiger partial charge in [0.1, 0.15) is 5.75 Å². The molecule has 0 aliphatic heterocycles. The molecule has 0 fully saturated rings. The molecule has 3 aromatic rings. The first-order valence-corrected chi connectivity index (χ1v) is 11.5. The molecule has 2 aromatic carbocycles. The highest BCUT2D eigenvalue weighted by molar-refractivity contribution is 7.99. The molecular formula is C23H27ClN4O2S. The van der Waals surface area contributed by atoms with Crippen molar-refractivity contribution in [2.24, 2.45) is 0 Å². The third kappa shape index (κ3) is 5.80. The van der Waals surface area contributed by atoms with E-state index < -0.39 is 0 Å². The van der Waals surface area contributed by atoms with E-state index in [0.717, 1.165) is 22.7 Å². The van der Waals surface area contributed by atoms with Gasteiger partial charge in [-0.3, -0.25) is 4.79 Å². The van der Waals surface area contributed by atoms with Crippen LogP contribution in [0.3, 0.4) is 0 Å². The molecule has 0 bridgehead atoms. The van der Waals surface area contributed by atoms with E-state index in [4.69, 9.17) is 16.3 Å². The van der Waals surface area contributed by atoms with Gasteiger partial charge in [-0.2, -0.15) is 0 Å². The van der Waals surface area contributed by atoms with Crippen LogP contribution < -0.4 is 10.1 Å². The molecular weight excluding hydrogens is 432 g/mol. The minimum atomic E-state index is -0.272. The Bertz CT molecular complexity index is 1080. The van der Waals surface area contributed by atoms with E-state index in [1.54, 1.807) is 12.1 Å². The minimum absolute atomic E-state index is 0.123. The molecule has 6 nitrogen and oxygen atoms in total. The fourth-order valence-corrected chi connectivity index (χ4v) is 4.21. The zero-order valence-electron chi connectivity index (χ0n) is 18.4. The monoisotopic (exact) mass is 458 g/mol. The molecule has 1 amide bonds. The average molecular weight is 459 g/mol. The third-order valence-electron chi connectivity index (χ3n) is 4.87. The summed E-state index contributed by atoms with van der Waals surface area (Å²) in [5.41, 5.74) is 3.95. The summed E-state index contributed by atoms with van der Waals surface area (Å²) in [4.78, 5) is 12.4. The van der Waals surface area contributed by atoms with E-state index in [-0.39, 0.29) is 17.8 Å². The van der Waals surface area contributed by atoms with Crippen LogP contribution in [0.25, 0.3) is 0 Å². The quantitative estimate of drug-likeness (QED) is 0.435. The van der Waals surface area contributed by atoms with Gasteiger partial charge in [-0.25, -0.2) is 0 Å². The van der Waals surface area contributed by atoms with Crippen molar-refractivity contribution in [2.75, 3.05) is 11.1 Å². The fourth-order valence-electron chi connectivity index (χ4n) is 3.22. The Hall–Kier alpha value is -2.51. The SMILES string of the molecule is CCn1c(SCC(=O)Nc2cc(Cl)ccc2C)nnc1C(C)Oc1ccc(C)cc1C. The number of anilines is 1. The first kappa shape index (κ1) is 23.2. The average Bonchev–Trinajstić information content (AvgIpc) is 3.14. The molecule has 1 heterocycles. The smallest absolute Gasteiger partial charge is 0.234 e. The maximum atomic E-state index is 12.4. The summed E-state index contributed by atoms with van der Waals surface area (Å²) in [6.07, 6.45) is -0.272. The number of nitrogens with one attached hydrogen (secondary N) is 1. The molecule has 1 aromatic heterocycles. The van der Waals surface area contributed by atoms with Crippen molar-refractivity contribution in [3.8, 4) is 5.75 Å².